The Kier molecular flexibility index (Phi) is 3.33. The van der Waals surface area contributed by atoms with Gasteiger partial charge in [0.1, 0.15) is 0 Å². The third-order valence-corrected chi connectivity index (χ3v) is 3.07. The zero-order valence-corrected chi connectivity index (χ0v) is 9.75. The van der Waals surface area contributed by atoms with Crippen LogP contribution in [0.15, 0.2) is 18.3 Å². The minimum atomic E-state index is -1.46. The van der Waals surface area contributed by atoms with E-state index in [1.165, 1.54) is 17.4 Å². The van der Waals surface area contributed by atoms with Crippen LogP contribution in [-0.4, -0.2) is 4.98 Å². The van der Waals surface area contributed by atoms with Crippen molar-refractivity contribution in [1.82, 2.24) is 4.98 Å². The van der Waals surface area contributed by atoms with Crippen LogP contribution in [0.2, 0.25) is 0 Å². The summed E-state index contributed by atoms with van der Waals surface area (Å²) in [6.07, 6.45) is 1.66. The first-order chi connectivity index (χ1) is 8.08. The van der Waals surface area contributed by atoms with E-state index in [1.54, 1.807) is 6.20 Å². The third kappa shape index (κ3) is 2.58. The number of aromatic nitrogens is 1. The fraction of sp³-hybridized carbons (Fsp3) is 0.182. The van der Waals surface area contributed by atoms with Gasteiger partial charge in [-0.1, -0.05) is 0 Å². The Balaban J connectivity index is 2.12. The molecule has 0 bridgehead atoms. The zero-order chi connectivity index (χ0) is 12.4. The summed E-state index contributed by atoms with van der Waals surface area (Å²) in [5.41, 5.74) is -0.0602. The second-order valence-electron chi connectivity index (χ2n) is 3.42. The summed E-state index contributed by atoms with van der Waals surface area (Å²) in [5.74, 6) is -3.86. The van der Waals surface area contributed by atoms with Crippen molar-refractivity contribution in [1.29, 1.82) is 0 Å². The summed E-state index contributed by atoms with van der Waals surface area (Å²) in [6.45, 7) is 2.18. The SMILES string of the molecule is Cc1ncc(CNc2ccc(F)c(F)c2F)s1. The minimum Gasteiger partial charge on any atom is -0.378 e. The Hall–Kier alpha value is -1.56. The van der Waals surface area contributed by atoms with Gasteiger partial charge in [-0.05, 0) is 19.1 Å². The van der Waals surface area contributed by atoms with E-state index in [2.05, 4.69) is 10.3 Å². The van der Waals surface area contributed by atoms with Gasteiger partial charge in [-0.3, -0.25) is 0 Å². The smallest absolute Gasteiger partial charge is 0.196 e. The summed E-state index contributed by atoms with van der Waals surface area (Å²) in [5, 5.41) is 3.60. The summed E-state index contributed by atoms with van der Waals surface area (Å²) < 4.78 is 38.9. The maximum atomic E-state index is 13.3. The molecule has 0 aliphatic carbocycles. The highest BCUT2D eigenvalue weighted by atomic mass is 32.1. The number of nitrogens with zero attached hydrogens (tertiary/aromatic N) is 1. The van der Waals surface area contributed by atoms with Gasteiger partial charge in [-0.15, -0.1) is 11.3 Å². The largest absolute Gasteiger partial charge is 0.378 e. The van der Waals surface area contributed by atoms with E-state index in [9.17, 15) is 13.2 Å². The molecule has 0 aliphatic heterocycles. The van der Waals surface area contributed by atoms with Crippen LogP contribution >= 0.6 is 11.3 Å². The highest BCUT2D eigenvalue weighted by molar-refractivity contribution is 7.11. The molecular weight excluding hydrogens is 249 g/mol. The standard InChI is InChI=1S/C11H9F3N2S/c1-6-15-4-7(17-6)5-16-9-3-2-8(12)10(13)11(9)14/h2-4,16H,5H2,1H3. The molecule has 0 spiro atoms. The molecule has 0 atom stereocenters. The summed E-state index contributed by atoms with van der Waals surface area (Å²) in [6, 6.07) is 2.06. The van der Waals surface area contributed by atoms with Crippen LogP contribution in [0.5, 0.6) is 0 Å². The fourth-order valence-electron chi connectivity index (χ4n) is 1.33. The Labute approximate surface area is 100 Å². The molecule has 1 N–H and O–H groups in total. The highest BCUT2D eigenvalue weighted by Gasteiger charge is 2.13. The molecule has 0 saturated carbocycles. The van der Waals surface area contributed by atoms with Gasteiger partial charge >= 0.3 is 0 Å². The molecular formula is C11H9F3N2S. The van der Waals surface area contributed by atoms with Gasteiger partial charge in [-0.25, -0.2) is 18.2 Å². The summed E-state index contributed by atoms with van der Waals surface area (Å²) in [7, 11) is 0. The van der Waals surface area contributed by atoms with Crippen molar-refractivity contribution in [3.05, 3.63) is 45.7 Å². The molecule has 90 valence electrons. The van der Waals surface area contributed by atoms with E-state index in [0.29, 0.717) is 6.54 Å². The predicted octanol–water partition coefficient (Wildman–Crippen LogP) is 3.48. The summed E-state index contributed by atoms with van der Waals surface area (Å²) in [4.78, 5) is 4.93. The Morgan fingerprint density at radius 2 is 2.00 bits per heavy atom. The van der Waals surface area contributed by atoms with Crippen molar-refractivity contribution in [2.45, 2.75) is 13.5 Å². The van der Waals surface area contributed by atoms with Crippen molar-refractivity contribution in [3.63, 3.8) is 0 Å². The van der Waals surface area contributed by atoms with E-state index in [0.717, 1.165) is 16.0 Å². The fourth-order valence-corrected chi connectivity index (χ4v) is 2.07. The van der Waals surface area contributed by atoms with Crippen LogP contribution in [0.1, 0.15) is 9.88 Å². The first-order valence-corrected chi connectivity index (χ1v) is 5.68. The molecule has 0 saturated heterocycles. The minimum absolute atomic E-state index is 0.0602. The number of thiazole rings is 1. The van der Waals surface area contributed by atoms with Crippen molar-refractivity contribution >= 4 is 17.0 Å². The molecule has 2 rings (SSSR count). The van der Waals surface area contributed by atoms with Crippen molar-refractivity contribution in [3.8, 4) is 0 Å². The van der Waals surface area contributed by atoms with E-state index in [4.69, 9.17) is 0 Å². The lowest BCUT2D eigenvalue weighted by Crippen LogP contribution is -2.02. The van der Waals surface area contributed by atoms with Gasteiger partial charge in [0.2, 0.25) is 0 Å². The van der Waals surface area contributed by atoms with Gasteiger partial charge in [-0.2, -0.15) is 0 Å². The Morgan fingerprint density at radius 3 is 2.65 bits per heavy atom. The van der Waals surface area contributed by atoms with Gasteiger partial charge in [0, 0.05) is 11.1 Å². The number of benzene rings is 1. The van der Waals surface area contributed by atoms with Crippen LogP contribution in [0.4, 0.5) is 18.9 Å². The van der Waals surface area contributed by atoms with Gasteiger partial charge < -0.3 is 5.32 Å². The Bertz CT molecular complexity index is 540. The number of rotatable bonds is 3. The normalized spacial score (nSPS) is 10.6. The molecule has 0 unspecified atom stereocenters. The number of halogens is 3. The quantitative estimate of drug-likeness (QED) is 0.852. The molecule has 6 heteroatoms. The molecule has 2 aromatic rings. The molecule has 0 amide bonds. The summed E-state index contributed by atoms with van der Waals surface area (Å²) >= 11 is 1.46. The molecule has 0 aliphatic rings. The van der Waals surface area contributed by atoms with E-state index in [1.807, 2.05) is 6.92 Å². The lowest BCUT2D eigenvalue weighted by molar-refractivity contribution is 0.449. The molecule has 1 aromatic carbocycles. The van der Waals surface area contributed by atoms with Gasteiger partial charge in [0.25, 0.3) is 0 Å². The van der Waals surface area contributed by atoms with Crippen LogP contribution in [0.25, 0.3) is 0 Å². The van der Waals surface area contributed by atoms with E-state index < -0.39 is 17.5 Å². The first kappa shape index (κ1) is 11.9. The molecule has 17 heavy (non-hydrogen) atoms. The lowest BCUT2D eigenvalue weighted by Gasteiger charge is -2.06. The second kappa shape index (κ2) is 4.75. The monoisotopic (exact) mass is 258 g/mol. The maximum Gasteiger partial charge on any atom is 0.196 e. The van der Waals surface area contributed by atoms with Crippen molar-refractivity contribution in [2.24, 2.45) is 0 Å². The number of hydrogen-bond acceptors (Lipinski definition) is 3. The topological polar surface area (TPSA) is 24.9 Å². The molecule has 1 aromatic heterocycles. The predicted molar refractivity (Wildman–Crippen MR) is 60.5 cm³/mol. The van der Waals surface area contributed by atoms with Crippen LogP contribution in [-0.2, 0) is 6.54 Å². The number of anilines is 1. The van der Waals surface area contributed by atoms with Crippen molar-refractivity contribution < 1.29 is 13.2 Å². The third-order valence-electron chi connectivity index (χ3n) is 2.16. The molecule has 0 radical (unpaired) electrons. The number of hydrogen-bond donors (Lipinski definition) is 1. The maximum absolute atomic E-state index is 13.3. The molecule has 1 heterocycles. The van der Waals surface area contributed by atoms with E-state index >= 15 is 0 Å². The average Bonchev–Trinajstić information content (AvgIpc) is 2.71. The van der Waals surface area contributed by atoms with Gasteiger partial charge in [0.15, 0.2) is 17.5 Å². The highest BCUT2D eigenvalue weighted by Crippen LogP contribution is 2.21. The Morgan fingerprint density at radius 1 is 1.24 bits per heavy atom. The van der Waals surface area contributed by atoms with Crippen molar-refractivity contribution in [2.75, 3.05) is 5.32 Å². The lowest BCUT2D eigenvalue weighted by atomic mass is 10.3. The van der Waals surface area contributed by atoms with Crippen LogP contribution in [0, 0.1) is 24.4 Å². The zero-order valence-electron chi connectivity index (χ0n) is 8.93. The second-order valence-corrected chi connectivity index (χ2v) is 4.74. The molecule has 2 nitrogen and oxygen atoms in total. The first-order valence-electron chi connectivity index (χ1n) is 4.86. The number of aryl methyl sites for hydroxylation is 1. The van der Waals surface area contributed by atoms with E-state index in [-0.39, 0.29) is 5.69 Å². The van der Waals surface area contributed by atoms with Crippen LogP contribution < -0.4 is 5.32 Å². The van der Waals surface area contributed by atoms with Crippen LogP contribution in [0.3, 0.4) is 0 Å². The average molecular weight is 258 g/mol. The van der Waals surface area contributed by atoms with Gasteiger partial charge in [0.05, 0.1) is 17.2 Å². The number of nitrogens with one attached hydrogen (secondary N) is 1. The molecule has 0 fully saturated rings.